The molecular formula is C19H16FN5O. The van der Waals surface area contributed by atoms with E-state index in [1.54, 1.807) is 19.1 Å². The summed E-state index contributed by atoms with van der Waals surface area (Å²) >= 11 is 0. The van der Waals surface area contributed by atoms with Crippen LogP contribution in [0.3, 0.4) is 0 Å². The standard InChI is InChI=1S/C19H16FN5O/c1-12-3-5-14(6-4-12)18-10-16(26-23-18)11-25-22-19(21-24-25)15-7-8-17(20)13(2)9-15/h3-10H,11H2,1-2H3. The molecule has 0 aliphatic carbocycles. The van der Waals surface area contributed by atoms with Crippen molar-refractivity contribution in [1.82, 2.24) is 25.4 Å². The zero-order chi connectivity index (χ0) is 18.1. The fraction of sp³-hybridized carbons (Fsp3) is 0.158. The van der Waals surface area contributed by atoms with E-state index in [1.165, 1.54) is 16.4 Å². The summed E-state index contributed by atoms with van der Waals surface area (Å²) in [7, 11) is 0. The molecule has 2 aromatic heterocycles. The van der Waals surface area contributed by atoms with Crippen molar-refractivity contribution in [2.45, 2.75) is 20.4 Å². The van der Waals surface area contributed by atoms with Crippen molar-refractivity contribution < 1.29 is 8.91 Å². The van der Waals surface area contributed by atoms with Crippen LogP contribution in [0.5, 0.6) is 0 Å². The smallest absolute Gasteiger partial charge is 0.204 e. The van der Waals surface area contributed by atoms with Crippen LogP contribution in [0.4, 0.5) is 4.39 Å². The third kappa shape index (κ3) is 3.23. The van der Waals surface area contributed by atoms with Crippen LogP contribution in [0.1, 0.15) is 16.9 Å². The second-order valence-corrected chi connectivity index (χ2v) is 6.15. The summed E-state index contributed by atoms with van der Waals surface area (Å²) in [6.07, 6.45) is 0. The van der Waals surface area contributed by atoms with Crippen LogP contribution in [0, 0.1) is 19.7 Å². The van der Waals surface area contributed by atoms with Crippen LogP contribution < -0.4 is 0 Å². The van der Waals surface area contributed by atoms with Crippen molar-refractivity contribution in [3.05, 3.63) is 71.2 Å². The van der Waals surface area contributed by atoms with E-state index in [9.17, 15) is 4.39 Å². The summed E-state index contributed by atoms with van der Waals surface area (Å²) in [4.78, 5) is 1.42. The fourth-order valence-corrected chi connectivity index (χ4v) is 2.60. The molecule has 7 heteroatoms. The maximum atomic E-state index is 13.4. The quantitative estimate of drug-likeness (QED) is 0.560. The summed E-state index contributed by atoms with van der Waals surface area (Å²) in [6.45, 7) is 4.05. The molecule has 0 fully saturated rings. The maximum absolute atomic E-state index is 13.4. The lowest BCUT2D eigenvalue weighted by Gasteiger charge is -1.98. The predicted molar refractivity (Wildman–Crippen MR) is 93.7 cm³/mol. The molecule has 130 valence electrons. The molecule has 0 atom stereocenters. The molecule has 6 nitrogen and oxygen atoms in total. The molecule has 0 spiro atoms. The number of nitrogens with zero attached hydrogens (tertiary/aromatic N) is 5. The molecule has 0 saturated carbocycles. The first-order valence-electron chi connectivity index (χ1n) is 8.15. The molecule has 0 bridgehead atoms. The van der Waals surface area contributed by atoms with Gasteiger partial charge in [0, 0.05) is 17.2 Å². The summed E-state index contributed by atoms with van der Waals surface area (Å²) in [5.41, 5.74) is 4.19. The molecule has 0 aliphatic heterocycles. The number of halogens is 1. The molecule has 0 radical (unpaired) electrons. The number of aromatic nitrogens is 5. The second kappa shape index (κ2) is 6.51. The minimum atomic E-state index is -0.258. The summed E-state index contributed by atoms with van der Waals surface area (Å²) < 4.78 is 18.8. The van der Waals surface area contributed by atoms with Crippen LogP contribution in [-0.4, -0.2) is 25.4 Å². The highest BCUT2D eigenvalue weighted by Crippen LogP contribution is 2.21. The number of rotatable bonds is 4. The van der Waals surface area contributed by atoms with Crippen LogP contribution in [0.15, 0.2) is 53.1 Å². The lowest BCUT2D eigenvalue weighted by molar-refractivity contribution is 0.364. The number of benzene rings is 2. The van der Waals surface area contributed by atoms with Gasteiger partial charge in [-0.25, -0.2) is 4.39 Å². The van der Waals surface area contributed by atoms with E-state index in [0.29, 0.717) is 29.3 Å². The van der Waals surface area contributed by atoms with Crippen molar-refractivity contribution in [3.8, 4) is 22.6 Å². The fourth-order valence-electron chi connectivity index (χ4n) is 2.60. The lowest BCUT2D eigenvalue weighted by Crippen LogP contribution is -2.03. The van der Waals surface area contributed by atoms with E-state index >= 15 is 0 Å². The van der Waals surface area contributed by atoms with E-state index in [1.807, 2.05) is 37.3 Å². The zero-order valence-corrected chi connectivity index (χ0v) is 14.3. The van der Waals surface area contributed by atoms with Crippen LogP contribution in [0.2, 0.25) is 0 Å². The number of hydrogen-bond donors (Lipinski definition) is 0. The highest BCUT2D eigenvalue weighted by atomic mass is 19.1. The highest BCUT2D eigenvalue weighted by molar-refractivity contribution is 5.59. The lowest BCUT2D eigenvalue weighted by atomic mass is 10.1. The van der Waals surface area contributed by atoms with Gasteiger partial charge < -0.3 is 4.52 Å². The molecule has 4 aromatic rings. The topological polar surface area (TPSA) is 69.6 Å². The average Bonchev–Trinajstić information content (AvgIpc) is 3.28. The third-order valence-corrected chi connectivity index (χ3v) is 4.07. The first kappa shape index (κ1) is 16.1. The molecular weight excluding hydrogens is 333 g/mol. The molecule has 0 amide bonds. The SMILES string of the molecule is Cc1ccc(-c2cc(Cn3nnc(-c4ccc(F)c(C)c4)n3)on2)cc1. The summed E-state index contributed by atoms with van der Waals surface area (Å²) in [6, 6.07) is 14.6. The van der Waals surface area contributed by atoms with E-state index in [-0.39, 0.29) is 5.82 Å². The Balaban J connectivity index is 1.52. The molecule has 0 saturated heterocycles. The van der Waals surface area contributed by atoms with Gasteiger partial charge >= 0.3 is 0 Å². The minimum Gasteiger partial charge on any atom is -0.359 e. The highest BCUT2D eigenvalue weighted by Gasteiger charge is 2.11. The number of aryl methyl sites for hydroxylation is 2. The molecule has 2 aromatic carbocycles. The monoisotopic (exact) mass is 349 g/mol. The molecule has 4 rings (SSSR count). The van der Waals surface area contributed by atoms with Gasteiger partial charge in [-0.05, 0) is 42.8 Å². The zero-order valence-electron chi connectivity index (χ0n) is 14.3. The molecule has 0 N–H and O–H groups in total. The van der Waals surface area contributed by atoms with Crippen molar-refractivity contribution in [1.29, 1.82) is 0 Å². The van der Waals surface area contributed by atoms with Crippen LogP contribution in [-0.2, 0) is 6.54 Å². The number of tetrazole rings is 1. The Hall–Kier alpha value is -3.35. The van der Waals surface area contributed by atoms with Crippen molar-refractivity contribution in [2.24, 2.45) is 0 Å². The van der Waals surface area contributed by atoms with Crippen LogP contribution in [0.25, 0.3) is 22.6 Å². The van der Waals surface area contributed by atoms with Gasteiger partial charge in [-0.1, -0.05) is 35.0 Å². The largest absolute Gasteiger partial charge is 0.359 e. The molecule has 2 heterocycles. The second-order valence-electron chi connectivity index (χ2n) is 6.15. The average molecular weight is 349 g/mol. The van der Waals surface area contributed by atoms with Gasteiger partial charge in [0.15, 0.2) is 5.76 Å². The first-order chi connectivity index (χ1) is 12.6. The van der Waals surface area contributed by atoms with Gasteiger partial charge in [-0.3, -0.25) is 0 Å². The van der Waals surface area contributed by atoms with Gasteiger partial charge in [0.1, 0.15) is 18.1 Å². The molecule has 0 aliphatic rings. The van der Waals surface area contributed by atoms with E-state index < -0.39 is 0 Å². The van der Waals surface area contributed by atoms with Crippen molar-refractivity contribution in [2.75, 3.05) is 0 Å². The Morgan fingerprint density at radius 3 is 2.54 bits per heavy atom. The van der Waals surface area contributed by atoms with E-state index in [2.05, 4.69) is 20.6 Å². The Labute approximate surface area is 149 Å². The Morgan fingerprint density at radius 2 is 1.77 bits per heavy atom. The van der Waals surface area contributed by atoms with Gasteiger partial charge in [-0.15, -0.1) is 10.2 Å². The van der Waals surface area contributed by atoms with Crippen molar-refractivity contribution in [3.63, 3.8) is 0 Å². The first-order valence-corrected chi connectivity index (χ1v) is 8.15. The van der Waals surface area contributed by atoms with Crippen LogP contribution >= 0.6 is 0 Å². The number of hydrogen-bond acceptors (Lipinski definition) is 5. The summed E-state index contributed by atoms with van der Waals surface area (Å²) in [5, 5.41) is 16.5. The molecule has 0 unspecified atom stereocenters. The normalized spacial score (nSPS) is 11.0. The van der Waals surface area contributed by atoms with Gasteiger partial charge in [0.25, 0.3) is 0 Å². The molecule has 26 heavy (non-hydrogen) atoms. The van der Waals surface area contributed by atoms with Gasteiger partial charge in [0.05, 0.1) is 0 Å². The van der Waals surface area contributed by atoms with Gasteiger partial charge in [0.2, 0.25) is 5.82 Å². The Kier molecular flexibility index (Phi) is 4.04. The summed E-state index contributed by atoms with van der Waals surface area (Å²) in [5.74, 6) is 0.803. The predicted octanol–water partition coefficient (Wildman–Crippen LogP) is 3.80. The van der Waals surface area contributed by atoms with E-state index in [0.717, 1.165) is 11.3 Å². The Morgan fingerprint density at radius 1 is 1.00 bits per heavy atom. The minimum absolute atomic E-state index is 0.258. The van der Waals surface area contributed by atoms with E-state index in [4.69, 9.17) is 4.52 Å². The maximum Gasteiger partial charge on any atom is 0.204 e. The van der Waals surface area contributed by atoms with Gasteiger partial charge in [-0.2, -0.15) is 4.80 Å². The third-order valence-electron chi connectivity index (χ3n) is 4.07. The Bertz CT molecular complexity index is 1050. The van der Waals surface area contributed by atoms with Crippen molar-refractivity contribution >= 4 is 0 Å².